The summed E-state index contributed by atoms with van der Waals surface area (Å²) >= 11 is 0. The first-order valence-corrected chi connectivity index (χ1v) is 13.1. The largest absolute Gasteiger partial charge is 0.481 e. The molecule has 3 heteroatoms. The van der Waals surface area contributed by atoms with Crippen molar-refractivity contribution in [1.82, 2.24) is 0 Å². The van der Waals surface area contributed by atoms with Gasteiger partial charge < -0.3 is 10.2 Å². The molecule has 3 nitrogen and oxygen atoms in total. The van der Waals surface area contributed by atoms with E-state index in [2.05, 4.69) is 69.3 Å². The molecule has 0 aliphatic rings. The molecule has 190 valence electrons. The van der Waals surface area contributed by atoms with E-state index >= 15 is 0 Å². The highest BCUT2D eigenvalue weighted by Gasteiger charge is 2.31. The van der Waals surface area contributed by atoms with Crippen LogP contribution in [0.15, 0.2) is 72.8 Å². The number of carbonyl (C=O) groups is 1. The van der Waals surface area contributed by atoms with Crippen molar-refractivity contribution >= 4 is 12.0 Å². The number of carboxylic acids is 1. The van der Waals surface area contributed by atoms with Gasteiger partial charge in [-0.2, -0.15) is 0 Å². The Bertz CT molecular complexity index is 1200. The van der Waals surface area contributed by atoms with Gasteiger partial charge in [0.2, 0.25) is 0 Å². The molecule has 0 saturated heterocycles. The fourth-order valence-corrected chi connectivity index (χ4v) is 5.14. The summed E-state index contributed by atoms with van der Waals surface area (Å²) in [6.07, 6.45) is 7.39. The standard InChI is InChI=1S/C33H40O3/c1-6-32(36,7-2)20-19-26-13-18-30(21-24(26)5)33(8-3,9-4)29-16-14-27(15-17-29)28-12-10-11-25(22-28)23-31(34)35/h10-22,36H,6-9,23H2,1-5H3,(H,34,35). The van der Waals surface area contributed by atoms with Gasteiger partial charge in [-0.3, -0.25) is 4.79 Å². The van der Waals surface area contributed by atoms with Crippen molar-refractivity contribution in [3.8, 4) is 11.1 Å². The van der Waals surface area contributed by atoms with E-state index < -0.39 is 11.6 Å². The van der Waals surface area contributed by atoms with Crippen LogP contribution in [0.4, 0.5) is 0 Å². The average Bonchev–Trinajstić information content (AvgIpc) is 2.89. The van der Waals surface area contributed by atoms with Crippen LogP contribution in [-0.4, -0.2) is 21.8 Å². The van der Waals surface area contributed by atoms with Crippen molar-refractivity contribution in [3.05, 3.63) is 101 Å². The van der Waals surface area contributed by atoms with Crippen LogP contribution in [0, 0.1) is 6.92 Å². The maximum Gasteiger partial charge on any atom is 0.307 e. The van der Waals surface area contributed by atoms with Crippen LogP contribution in [0.3, 0.4) is 0 Å². The number of hydrogen-bond donors (Lipinski definition) is 2. The van der Waals surface area contributed by atoms with Crippen LogP contribution < -0.4 is 0 Å². The molecule has 0 fully saturated rings. The number of hydrogen-bond acceptors (Lipinski definition) is 2. The van der Waals surface area contributed by atoms with Crippen molar-refractivity contribution in [1.29, 1.82) is 0 Å². The zero-order chi connectivity index (χ0) is 26.3. The van der Waals surface area contributed by atoms with Crippen molar-refractivity contribution in [2.45, 2.75) is 77.7 Å². The lowest BCUT2D eigenvalue weighted by molar-refractivity contribution is -0.136. The van der Waals surface area contributed by atoms with Gasteiger partial charge in [0.15, 0.2) is 0 Å². The van der Waals surface area contributed by atoms with Gasteiger partial charge >= 0.3 is 5.97 Å². The number of rotatable bonds is 11. The molecule has 0 heterocycles. The highest BCUT2D eigenvalue weighted by Crippen LogP contribution is 2.40. The summed E-state index contributed by atoms with van der Waals surface area (Å²) in [7, 11) is 0. The second kappa shape index (κ2) is 11.7. The summed E-state index contributed by atoms with van der Waals surface area (Å²) in [4.78, 5) is 11.1. The second-order valence-corrected chi connectivity index (χ2v) is 9.85. The predicted octanol–water partition coefficient (Wildman–Crippen LogP) is 7.96. The first-order valence-electron chi connectivity index (χ1n) is 13.1. The number of carboxylic acid groups (broad SMARTS) is 1. The number of aliphatic carboxylic acids is 1. The molecule has 0 spiro atoms. The molecule has 3 aromatic rings. The van der Waals surface area contributed by atoms with E-state index in [-0.39, 0.29) is 11.8 Å². The minimum atomic E-state index is -0.818. The van der Waals surface area contributed by atoms with E-state index in [0.717, 1.165) is 35.1 Å². The van der Waals surface area contributed by atoms with E-state index in [4.69, 9.17) is 5.11 Å². The Kier molecular flexibility index (Phi) is 8.92. The zero-order valence-corrected chi connectivity index (χ0v) is 22.3. The van der Waals surface area contributed by atoms with Gasteiger partial charge in [-0.05, 0) is 71.6 Å². The monoisotopic (exact) mass is 484 g/mol. The molecule has 0 aliphatic carbocycles. The molecule has 2 N–H and O–H groups in total. The lowest BCUT2D eigenvalue weighted by atomic mass is 9.70. The molecule has 0 saturated carbocycles. The lowest BCUT2D eigenvalue weighted by Crippen LogP contribution is -2.26. The van der Waals surface area contributed by atoms with Crippen LogP contribution in [0.2, 0.25) is 0 Å². The molecule has 0 aliphatic heterocycles. The number of aliphatic hydroxyl groups is 1. The van der Waals surface area contributed by atoms with Gasteiger partial charge in [-0.1, -0.05) is 107 Å². The molecule has 0 amide bonds. The molecule has 36 heavy (non-hydrogen) atoms. The molecule has 0 aromatic heterocycles. The third kappa shape index (κ3) is 5.96. The Balaban J connectivity index is 1.94. The lowest BCUT2D eigenvalue weighted by Gasteiger charge is -2.34. The Morgan fingerprint density at radius 2 is 1.44 bits per heavy atom. The summed E-state index contributed by atoms with van der Waals surface area (Å²) in [5.74, 6) is -0.818. The SMILES string of the molecule is CCC(O)(C=Cc1ccc(C(CC)(CC)c2ccc(-c3cccc(CC(=O)O)c3)cc2)cc1C)CC. The third-order valence-electron chi connectivity index (χ3n) is 7.88. The van der Waals surface area contributed by atoms with Crippen molar-refractivity contribution in [2.75, 3.05) is 0 Å². The summed E-state index contributed by atoms with van der Waals surface area (Å²) in [6.45, 7) is 10.7. The van der Waals surface area contributed by atoms with Gasteiger partial charge in [0.05, 0.1) is 12.0 Å². The summed E-state index contributed by atoms with van der Waals surface area (Å²) < 4.78 is 0. The van der Waals surface area contributed by atoms with E-state index in [9.17, 15) is 9.90 Å². The van der Waals surface area contributed by atoms with Crippen molar-refractivity contribution in [2.24, 2.45) is 0 Å². The second-order valence-electron chi connectivity index (χ2n) is 9.85. The fraction of sp³-hybridized carbons (Fsp3) is 0.364. The van der Waals surface area contributed by atoms with Crippen molar-refractivity contribution in [3.63, 3.8) is 0 Å². The molecule has 3 rings (SSSR count). The minimum absolute atomic E-state index is 0.0292. The molecular weight excluding hydrogens is 444 g/mol. The van der Waals surface area contributed by atoms with Gasteiger partial charge in [-0.25, -0.2) is 0 Å². The zero-order valence-electron chi connectivity index (χ0n) is 22.3. The Hall–Kier alpha value is -3.17. The van der Waals surface area contributed by atoms with E-state index in [1.807, 2.05) is 44.2 Å². The molecule has 0 atom stereocenters. The number of benzene rings is 3. The summed E-state index contributed by atoms with van der Waals surface area (Å²) in [5.41, 5.74) is 7.01. The molecule has 0 unspecified atom stereocenters. The predicted molar refractivity (Wildman–Crippen MR) is 150 cm³/mol. The van der Waals surface area contributed by atoms with Crippen molar-refractivity contribution < 1.29 is 15.0 Å². The highest BCUT2D eigenvalue weighted by molar-refractivity contribution is 5.72. The summed E-state index contributed by atoms with van der Waals surface area (Å²) in [5, 5.41) is 19.8. The number of aryl methyl sites for hydroxylation is 1. The molecule has 0 radical (unpaired) electrons. The summed E-state index contributed by atoms with van der Waals surface area (Å²) in [6, 6.07) is 23.2. The maximum absolute atomic E-state index is 11.1. The fourth-order valence-electron chi connectivity index (χ4n) is 5.14. The Morgan fingerprint density at radius 1 is 0.806 bits per heavy atom. The van der Waals surface area contributed by atoms with Gasteiger partial charge in [0.1, 0.15) is 0 Å². The topological polar surface area (TPSA) is 57.5 Å². The maximum atomic E-state index is 11.1. The molecule has 0 bridgehead atoms. The molecule has 3 aromatic carbocycles. The van der Waals surface area contributed by atoms with Crippen LogP contribution in [0.25, 0.3) is 17.2 Å². The van der Waals surface area contributed by atoms with Gasteiger partial charge in [0, 0.05) is 5.41 Å². The Morgan fingerprint density at radius 3 is 2.00 bits per heavy atom. The van der Waals surface area contributed by atoms with E-state index in [1.165, 1.54) is 16.7 Å². The van der Waals surface area contributed by atoms with Crippen LogP contribution in [-0.2, 0) is 16.6 Å². The minimum Gasteiger partial charge on any atom is -0.481 e. The van der Waals surface area contributed by atoms with Gasteiger partial charge in [-0.15, -0.1) is 0 Å². The Labute approximate surface area is 216 Å². The quantitative estimate of drug-likeness (QED) is 0.290. The van der Waals surface area contributed by atoms with Gasteiger partial charge in [0.25, 0.3) is 0 Å². The first-order chi connectivity index (χ1) is 17.2. The smallest absolute Gasteiger partial charge is 0.307 e. The highest BCUT2D eigenvalue weighted by atomic mass is 16.4. The van der Waals surface area contributed by atoms with E-state index in [0.29, 0.717) is 12.8 Å². The average molecular weight is 485 g/mol. The van der Waals surface area contributed by atoms with Crippen LogP contribution in [0.1, 0.15) is 81.2 Å². The van der Waals surface area contributed by atoms with E-state index in [1.54, 1.807) is 0 Å². The van der Waals surface area contributed by atoms with Crippen LogP contribution in [0.5, 0.6) is 0 Å². The third-order valence-corrected chi connectivity index (χ3v) is 7.88. The molecular formula is C33H40O3. The van der Waals surface area contributed by atoms with Crippen LogP contribution >= 0.6 is 0 Å². The first kappa shape index (κ1) is 27.4. The normalized spacial score (nSPS) is 12.3.